The van der Waals surface area contributed by atoms with Gasteiger partial charge in [0, 0.05) is 12.0 Å². The minimum absolute atomic E-state index is 0.232. The van der Waals surface area contributed by atoms with Crippen molar-refractivity contribution in [2.24, 2.45) is 17.8 Å². The molecule has 2 nitrogen and oxygen atoms in total. The van der Waals surface area contributed by atoms with Gasteiger partial charge in [-0.1, -0.05) is 12.2 Å². The first-order valence-corrected chi connectivity index (χ1v) is 5.61. The van der Waals surface area contributed by atoms with Crippen LogP contribution in [0.4, 0.5) is 8.78 Å². The van der Waals surface area contributed by atoms with Gasteiger partial charge in [0.1, 0.15) is 11.7 Å². The van der Waals surface area contributed by atoms with Crippen LogP contribution in [0.2, 0.25) is 0 Å². The van der Waals surface area contributed by atoms with Gasteiger partial charge >= 0.3 is 5.97 Å². The molecule has 2 aliphatic carbocycles. The molecule has 0 aromatic heterocycles. The summed E-state index contributed by atoms with van der Waals surface area (Å²) in [5.74, 6) is -3.47. The van der Waals surface area contributed by atoms with E-state index in [0.29, 0.717) is 12.8 Å². The Labute approximate surface area is 98.3 Å². The van der Waals surface area contributed by atoms with Gasteiger partial charge in [0.2, 0.25) is 0 Å². The second-order valence-corrected chi connectivity index (χ2v) is 4.73. The van der Waals surface area contributed by atoms with Crippen LogP contribution in [0.25, 0.3) is 0 Å². The van der Waals surface area contributed by atoms with Crippen molar-refractivity contribution in [1.29, 1.82) is 0 Å². The molecule has 0 saturated heterocycles. The first-order valence-electron chi connectivity index (χ1n) is 5.61. The van der Waals surface area contributed by atoms with E-state index in [0.717, 1.165) is 11.6 Å². The van der Waals surface area contributed by atoms with Crippen molar-refractivity contribution in [3.63, 3.8) is 0 Å². The van der Waals surface area contributed by atoms with Crippen molar-refractivity contribution < 1.29 is 18.7 Å². The average molecular weight is 240 g/mol. The van der Waals surface area contributed by atoms with E-state index in [1.54, 1.807) is 0 Å². The average Bonchev–Trinajstić information content (AvgIpc) is 2.60. The second-order valence-electron chi connectivity index (χ2n) is 4.73. The number of carbonyl (C=O) groups is 1. The van der Waals surface area contributed by atoms with Crippen LogP contribution < -0.4 is 0 Å². The molecular formula is C13H14F2O2. The molecule has 1 N–H and O–H groups in total. The van der Waals surface area contributed by atoms with Crippen LogP contribution >= 0.6 is 0 Å². The molecule has 0 bridgehead atoms. The number of carboxylic acid groups (broad SMARTS) is 1. The maximum absolute atomic E-state index is 13.7. The van der Waals surface area contributed by atoms with Crippen LogP contribution in [0, 0.1) is 17.8 Å². The summed E-state index contributed by atoms with van der Waals surface area (Å²) in [5, 5.41) is 9.10. The Morgan fingerprint density at radius 1 is 1.41 bits per heavy atom. The molecule has 3 atom stereocenters. The highest BCUT2D eigenvalue weighted by Crippen LogP contribution is 2.45. The fourth-order valence-electron chi connectivity index (χ4n) is 2.74. The maximum atomic E-state index is 13.7. The van der Waals surface area contributed by atoms with Crippen LogP contribution in [-0.4, -0.2) is 11.1 Å². The van der Waals surface area contributed by atoms with Crippen molar-refractivity contribution in [2.45, 2.75) is 19.3 Å². The van der Waals surface area contributed by atoms with Crippen LogP contribution in [0.3, 0.4) is 0 Å². The highest BCUT2D eigenvalue weighted by atomic mass is 19.1. The summed E-state index contributed by atoms with van der Waals surface area (Å²) in [6, 6.07) is 0. The summed E-state index contributed by atoms with van der Waals surface area (Å²) in [5.41, 5.74) is 0.838. The van der Waals surface area contributed by atoms with Gasteiger partial charge in [-0.15, -0.1) is 0 Å². The summed E-state index contributed by atoms with van der Waals surface area (Å²) in [6.45, 7) is 3.78. The third-order valence-corrected chi connectivity index (χ3v) is 3.58. The molecule has 0 spiro atoms. The van der Waals surface area contributed by atoms with Crippen molar-refractivity contribution in [2.75, 3.05) is 0 Å². The van der Waals surface area contributed by atoms with E-state index >= 15 is 0 Å². The zero-order valence-corrected chi connectivity index (χ0v) is 9.33. The zero-order valence-electron chi connectivity index (χ0n) is 9.33. The largest absolute Gasteiger partial charge is 0.481 e. The van der Waals surface area contributed by atoms with Crippen LogP contribution in [0.1, 0.15) is 19.3 Å². The number of carboxylic acids is 1. The SMILES string of the molecule is C=C1C[C@@H](C(=O)O)[C@H](C2CC=C(F)C=C2F)C1. The molecule has 0 aromatic carbocycles. The Balaban J connectivity index is 2.20. The fraction of sp³-hybridized carbons (Fsp3) is 0.462. The monoisotopic (exact) mass is 240 g/mol. The Morgan fingerprint density at radius 3 is 2.71 bits per heavy atom. The quantitative estimate of drug-likeness (QED) is 0.751. The van der Waals surface area contributed by atoms with Gasteiger partial charge in [0.15, 0.2) is 0 Å². The lowest BCUT2D eigenvalue weighted by Crippen LogP contribution is -2.26. The highest BCUT2D eigenvalue weighted by Gasteiger charge is 2.41. The van der Waals surface area contributed by atoms with Crippen molar-refractivity contribution in [3.8, 4) is 0 Å². The molecule has 2 rings (SSSR count). The fourth-order valence-corrected chi connectivity index (χ4v) is 2.74. The number of rotatable bonds is 2. The molecule has 1 saturated carbocycles. The van der Waals surface area contributed by atoms with E-state index in [1.165, 1.54) is 6.08 Å². The summed E-state index contributed by atoms with van der Waals surface area (Å²) in [4.78, 5) is 11.1. The first kappa shape index (κ1) is 12.0. The lowest BCUT2D eigenvalue weighted by molar-refractivity contribution is -0.143. The molecule has 2 aliphatic rings. The summed E-state index contributed by atoms with van der Waals surface area (Å²) in [7, 11) is 0. The summed E-state index contributed by atoms with van der Waals surface area (Å²) < 4.78 is 26.5. The molecule has 0 aliphatic heterocycles. The number of hydrogen-bond acceptors (Lipinski definition) is 1. The van der Waals surface area contributed by atoms with Crippen molar-refractivity contribution in [1.82, 2.24) is 0 Å². The third-order valence-electron chi connectivity index (χ3n) is 3.58. The molecule has 1 unspecified atom stereocenters. The van der Waals surface area contributed by atoms with Crippen molar-refractivity contribution in [3.05, 3.63) is 36.0 Å². The van der Waals surface area contributed by atoms with Crippen LogP contribution in [0.5, 0.6) is 0 Å². The first-order chi connectivity index (χ1) is 7.99. The van der Waals surface area contributed by atoms with E-state index < -0.39 is 29.5 Å². The number of halogens is 2. The topological polar surface area (TPSA) is 37.3 Å². The smallest absolute Gasteiger partial charge is 0.307 e. The number of aliphatic carboxylic acids is 1. The van der Waals surface area contributed by atoms with Crippen LogP contribution in [0.15, 0.2) is 36.0 Å². The van der Waals surface area contributed by atoms with Gasteiger partial charge in [-0.2, -0.15) is 0 Å². The van der Waals surface area contributed by atoms with E-state index in [2.05, 4.69) is 6.58 Å². The van der Waals surface area contributed by atoms with Crippen LogP contribution in [-0.2, 0) is 4.79 Å². The van der Waals surface area contributed by atoms with Gasteiger partial charge in [0.05, 0.1) is 5.92 Å². The van der Waals surface area contributed by atoms with Gasteiger partial charge in [-0.25, -0.2) is 8.78 Å². The van der Waals surface area contributed by atoms with Gasteiger partial charge in [-0.3, -0.25) is 4.79 Å². The standard InChI is InChI=1S/C13H14F2O2/c1-7-4-10(11(5-7)13(16)17)9-3-2-8(14)6-12(9)15/h2,6,9-11H,1,3-5H2,(H,16,17)/t9?,10-,11+/m0/s1. The van der Waals surface area contributed by atoms with E-state index in [-0.39, 0.29) is 12.3 Å². The molecule has 0 amide bonds. The lowest BCUT2D eigenvalue weighted by atomic mass is 9.79. The molecule has 1 fully saturated rings. The summed E-state index contributed by atoms with van der Waals surface area (Å²) >= 11 is 0. The summed E-state index contributed by atoms with van der Waals surface area (Å²) in [6.07, 6.45) is 3.31. The van der Waals surface area contributed by atoms with Gasteiger partial charge in [0.25, 0.3) is 0 Å². The normalized spacial score (nSPS) is 33.3. The predicted molar refractivity (Wildman–Crippen MR) is 59.5 cm³/mol. The Bertz CT molecular complexity index is 423. The zero-order chi connectivity index (χ0) is 12.6. The minimum atomic E-state index is -0.920. The third kappa shape index (κ3) is 2.30. The van der Waals surface area contributed by atoms with Crippen molar-refractivity contribution >= 4 is 5.97 Å². The second kappa shape index (κ2) is 4.43. The van der Waals surface area contributed by atoms with Gasteiger partial charge < -0.3 is 5.11 Å². The molecule has 0 aromatic rings. The Hall–Kier alpha value is -1.45. The van der Waals surface area contributed by atoms with E-state index in [4.69, 9.17) is 5.11 Å². The number of allylic oxidation sites excluding steroid dienone is 5. The molecule has 4 heteroatoms. The lowest BCUT2D eigenvalue weighted by Gasteiger charge is -2.26. The molecule has 17 heavy (non-hydrogen) atoms. The predicted octanol–water partition coefficient (Wildman–Crippen LogP) is 3.38. The van der Waals surface area contributed by atoms with E-state index in [1.807, 2.05) is 0 Å². The molecular weight excluding hydrogens is 226 g/mol. The van der Waals surface area contributed by atoms with Gasteiger partial charge in [-0.05, 0) is 31.3 Å². The Morgan fingerprint density at radius 2 is 2.12 bits per heavy atom. The molecule has 0 radical (unpaired) electrons. The molecule has 92 valence electrons. The number of hydrogen-bond donors (Lipinski definition) is 1. The maximum Gasteiger partial charge on any atom is 0.307 e. The Kier molecular flexibility index (Phi) is 3.13. The van der Waals surface area contributed by atoms with E-state index in [9.17, 15) is 13.6 Å². The minimum Gasteiger partial charge on any atom is -0.481 e. The highest BCUT2D eigenvalue weighted by molar-refractivity contribution is 5.71. The molecule has 0 heterocycles.